The van der Waals surface area contributed by atoms with Crippen LogP contribution in [0.3, 0.4) is 0 Å². The maximum absolute atomic E-state index is 8.77. The zero-order valence-electron chi connectivity index (χ0n) is 10.4. The third kappa shape index (κ3) is 3.27. The molecule has 0 bridgehead atoms. The van der Waals surface area contributed by atoms with Crippen molar-refractivity contribution in [2.24, 2.45) is 0 Å². The highest BCUT2D eigenvalue weighted by Gasteiger charge is 2.13. The molecule has 1 aliphatic heterocycles. The number of hydrogen-bond donors (Lipinski definition) is 0. The molecule has 1 aromatic rings. The standard InChI is InChI=1S/C13H19N3S/c1-2-11-12(5-7-14)17-13(15-11)6-10-16-8-3-4-9-16/h2-6,8-10H2,1H3. The highest BCUT2D eigenvalue weighted by atomic mass is 32.1. The number of nitrogens with zero attached hydrogens (tertiary/aromatic N) is 3. The number of hydrogen-bond acceptors (Lipinski definition) is 4. The second-order valence-corrected chi connectivity index (χ2v) is 5.63. The first-order chi connectivity index (χ1) is 8.33. The van der Waals surface area contributed by atoms with Gasteiger partial charge in [0.05, 0.1) is 23.2 Å². The Morgan fingerprint density at radius 2 is 2.18 bits per heavy atom. The Bertz CT molecular complexity index is 399. The molecule has 0 N–H and O–H groups in total. The van der Waals surface area contributed by atoms with Gasteiger partial charge in [0.2, 0.25) is 0 Å². The Balaban J connectivity index is 1.93. The molecule has 2 rings (SSSR count). The molecular weight excluding hydrogens is 230 g/mol. The number of rotatable bonds is 5. The lowest BCUT2D eigenvalue weighted by molar-refractivity contribution is 0.343. The van der Waals surface area contributed by atoms with E-state index in [1.165, 1.54) is 35.8 Å². The van der Waals surface area contributed by atoms with Gasteiger partial charge >= 0.3 is 0 Å². The zero-order valence-corrected chi connectivity index (χ0v) is 11.2. The van der Waals surface area contributed by atoms with Crippen LogP contribution >= 0.6 is 11.3 Å². The van der Waals surface area contributed by atoms with Gasteiger partial charge in [-0.15, -0.1) is 11.3 Å². The van der Waals surface area contributed by atoms with Gasteiger partial charge in [-0.2, -0.15) is 5.26 Å². The minimum Gasteiger partial charge on any atom is -0.303 e. The molecule has 0 saturated carbocycles. The first-order valence-corrected chi connectivity index (χ1v) is 7.22. The highest BCUT2D eigenvalue weighted by Crippen LogP contribution is 2.21. The molecule has 4 heteroatoms. The van der Waals surface area contributed by atoms with Crippen LogP contribution in [0.1, 0.15) is 35.3 Å². The SMILES string of the molecule is CCc1nc(CCN2CCCC2)sc1CC#N. The summed E-state index contributed by atoms with van der Waals surface area (Å²) in [4.78, 5) is 8.33. The van der Waals surface area contributed by atoms with Crippen molar-refractivity contribution in [1.29, 1.82) is 5.26 Å². The normalized spacial score (nSPS) is 16.2. The second-order valence-electron chi connectivity index (χ2n) is 4.46. The van der Waals surface area contributed by atoms with E-state index in [4.69, 9.17) is 5.26 Å². The molecule has 0 aromatic carbocycles. The quantitative estimate of drug-likeness (QED) is 0.804. The van der Waals surface area contributed by atoms with Crippen molar-refractivity contribution >= 4 is 11.3 Å². The van der Waals surface area contributed by atoms with Crippen LogP contribution in [0.2, 0.25) is 0 Å². The first-order valence-electron chi connectivity index (χ1n) is 6.40. The number of aryl methyl sites for hydroxylation is 1. The average molecular weight is 249 g/mol. The fraction of sp³-hybridized carbons (Fsp3) is 0.692. The molecule has 92 valence electrons. The summed E-state index contributed by atoms with van der Waals surface area (Å²) in [5, 5.41) is 9.98. The van der Waals surface area contributed by atoms with E-state index in [1.807, 2.05) is 0 Å². The molecule has 1 saturated heterocycles. The van der Waals surface area contributed by atoms with Crippen molar-refractivity contribution in [2.45, 2.75) is 39.0 Å². The van der Waals surface area contributed by atoms with Crippen LogP contribution in [-0.2, 0) is 19.3 Å². The zero-order chi connectivity index (χ0) is 12.1. The van der Waals surface area contributed by atoms with Crippen molar-refractivity contribution in [3.8, 4) is 6.07 Å². The summed E-state index contributed by atoms with van der Waals surface area (Å²) in [5.41, 5.74) is 1.13. The lowest BCUT2D eigenvalue weighted by Crippen LogP contribution is -2.21. The summed E-state index contributed by atoms with van der Waals surface area (Å²) < 4.78 is 0. The van der Waals surface area contributed by atoms with E-state index in [0.29, 0.717) is 6.42 Å². The Labute approximate surface area is 107 Å². The number of aromatic nitrogens is 1. The summed E-state index contributed by atoms with van der Waals surface area (Å²) in [6.07, 6.45) is 5.19. The van der Waals surface area contributed by atoms with Crippen molar-refractivity contribution in [1.82, 2.24) is 9.88 Å². The maximum atomic E-state index is 8.77. The van der Waals surface area contributed by atoms with E-state index >= 15 is 0 Å². The molecule has 0 radical (unpaired) electrons. The number of thiazole rings is 1. The van der Waals surface area contributed by atoms with Crippen molar-refractivity contribution in [2.75, 3.05) is 19.6 Å². The molecule has 1 fully saturated rings. The van der Waals surface area contributed by atoms with Gasteiger partial charge in [0.25, 0.3) is 0 Å². The van der Waals surface area contributed by atoms with Crippen LogP contribution in [0.15, 0.2) is 0 Å². The molecule has 0 amide bonds. The monoisotopic (exact) mass is 249 g/mol. The van der Waals surface area contributed by atoms with Gasteiger partial charge in [0.1, 0.15) is 0 Å². The molecule has 3 nitrogen and oxygen atoms in total. The van der Waals surface area contributed by atoms with Gasteiger partial charge < -0.3 is 4.90 Å². The van der Waals surface area contributed by atoms with E-state index in [0.717, 1.165) is 25.1 Å². The topological polar surface area (TPSA) is 39.9 Å². The van der Waals surface area contributed by atoms with E-state index in [-0.39, 0.29) is 0 Å². The van der Waals surface area contributed by atoms with Gasteiger partial charge in [0.15, 0.2) is 0 Å². The molecule has 0 unspecified atom stereocenters. The van der Waals surface area contributed by atoms with Crippen LogP contribution < -0.4 is 0 Å². The van der Waals surface area contributed by atoms with Gasteiger partial charge in [-0.25, -0.2) is 4.98 Å². The Morgan fingerprint density at radius 3 is 2.82 bits per heavy atom. The van der Waals surface area contributed by atoms with Gasteiger partial charge in [-0.3, -0.25) is 0 Å². The molecule has 0 aliphatic carbocycles. The van der Waals surface area contributed by atoms with Crippen molar-refractivity contribution in [3.63, 3.8) is 0 Å². The number of likely N-dealkylation sites (tertiary alicyclic amines) is 1. The van der Waals surface area contributed by atoms with E-state index in [2.05, 4.69) is 22.9 Å². The van der Waals surface area contributed by atoms with E-state index < -0.39 is 0 Å². The first kappa shape index (κ1) is 12.5. The van der Waals surface area contributed by atoms with E-state index in [1.54, 1.807) is 11.3 Å². The predicted octanol–water partition coefficient (Wildman–Crippen LogP) is 2.41. The fourth-order valence-corrected chi connectivity index (χ4v) is 3.37. The third-order valence-electron chi connectivity index (χ3n) is 3.24. The smallest absolute Gasteiger partial charge is 0.0944 e. The summed E-state index contributed by atoms with van der Waals surface area (Å²) in [6.45, 7) is 5.73. The van der Waals surface area contributed by atoms with Gasteiger partial charge in [-0.1, -0.05) is 6.92 Å². The largest absolute Gasteiger partial charge is 0.303 e. The lowest BCUT2D eigenvalue weighted by Gasteiger charge is -2.12. The second kappa shape index (κ2) is 6.13. The predicted molar refractivity (Wildman–Crippen MR) is 70.2 cm³/mol. The molecule has 17 heavy (non-hydrogen) atoms. The minimum atomic E-state index is 0.518. The summed E-state index contributed by atoms with van der Waals surface area (Å²) in [7, 11) is 0. The molecule has 1 aromatic heterocycles. The molecule has 1 aliphatic rings. The number of nitriles is 1. The van der Waals surface area contributed by atoms with Crippen molar-refractivity contribution in [3.05, 3.63) is 15.6 Å². The van der Waals surface area contributed by atoms with Crippen molar-refractivity contribution < 1.29 is 0 Å². The molecular formula is C13H19N3S. The maximum Gasteiger partial charge on any atom is 0.0944 e. The Morgan fingerprint density at radius 1 is 1.41 bits per heavy atom. The van der Waals surface area contributed by atoms with Gasteiger partial charge in [-0.05, 0) is 32.4 Å². The molecule has 2 heterocycles. The molecule has 0 spiro atoms. The van der Waals surface area contributed by atoms with Crippen LogP contribution in [0.25, 0.3) is 0 Å². The summed E-state index contributed by atoms with van der Waals surface area (Å²) >= 11 is 1.73. The summed E-state index contributed by atoms with van der Waals surface area (Å²) in [5.74, 6) is 0. The van der Waals surface area contributed by atoms with Crippen LogP contribution in [0, 0.1) is 11.3 Å². The van der Waals surface area contributed by atoms with Crippen LogP contribution in [0.4, 0.5) is 0 Å². The minimum absolute atomic E-state index is 0.518. The Kier molecular flexibility index (Phi) is 4.52. The van der Waals surface area contributed by atoms with Gasteiger partial charge in [0, 0.05) is 17.8 Å². The fourth-order valence-electron chi connectivity index (χ4n) is 2.29. The van der Waals surface area contributed by atoms with Crippen LogP contribution in [-0.4, -0.2) is 29.5 Å². The van der Waals surface area contributed by atoms with E-state index in [9.17, 15) is 0 Å². The average Bonchev–Trinajstić information content (AvgIpc) is 2.95. The highest BCUT2D eigenvalue weighted by molar-refractivity contribution is 7.11. The molecule has 0 atom stereocenters. The van der Waals surface area contributed by atoms with Crippen LogP contribution in [0.5, 0.6) is 0 Å². The Hall–Kier alpha value is -0.920. The lowest BCUT2D eigenvalue weighted by atomic mass is 10.2. The third-order valence-corrected chi connectivity index (χ3v) is 4.40. The summed E-state index contributed by atoms with van der Waals surface area (Å²) in [6, 6.07) is 2.23.